The maximum Gasteiger partial charge on any atom is 0.238 e. The number of thioether (sulfide) groups is 1. The van der Waals surface area contributed by atoms with Crippen LogP contribution in [0.5, 0.6) is 0 Å². The Morgan fingerprint density at radius 2 is 2.05 bits per heavy atom. The standard InChI is InChI=1S/C15H22N2OS/c1-11(2)12-4-6-13(7-5-12)15-16-10-14(18)17(15)8-9-19-3/h4-7,11,15-16H,8-10H2,1-3H3. The van der Waals surface area contributed by atoms with Crippen molar-refractivity contribution in [3.05, 3.63) is 35.4 Å². The Morgan fingerprint density at radius 1 is 1.37 bits per heavy atom. The Kier molecular flexibility index (Phi) is 4.88. The van der Waals surface area contributed by atoms with E-state index in [1.165, 1.54) is 11.1 Å². The molecule has 1 aromatic rings. The number of rotatable bonds is 5. The molecule has 0 radical (unpaired) electrons. The van der Waals surface area contributed by atoms with Gasteiger partial charge in [-0.15, -0.1) is 0 Å². The van der Waals surface area contributed by atoms with Crippen molar-refractivity contribution < 1.29 is 4.79 Å². The predicted octanol–water partition coefficient (Wildman–Crippen LogP) is 2.60. The van der Waals surface area contributed by atoms with E-state index in [2.05, 4.69) is 49.7 Å². The fourth-order valence-corrected chi connectivity index (χ4v) is 2.72. The molecule has 1 N–H and O–H groups in total. The molecule has 104 valence electrons. The zero-order chi connectivity index (χ0) is 13.8. The molecule has 0 saturated carbocycles. The smallest absolute Gasteiger partial charge is 0.238 e. The summed E-state index contributed by atoms with van der Waals surface area (Å²) < 4.78 is 0. The molecule has 4 heteroatoms. The maximum atomic E-state index is 11.9. The van der Waals surface area contributed by atoms with Gasteiger partial charge in [0.25, 0.3) is 0 Å². The third kappa shape index (κ3) is 3.31. The Labute approximate surface area is 119 Å². The second kappa shape index (κ2) is 6.44. The second-order valence-corrected chi connectivity index (χ2v) is 6.17. The van der Waals surface area contributed by atoms with Crippen LogP contribution in [-0.2, 0) is 4.79 Å². The zero-order valence-corrected chi connectivity index (χ0v) is 12.7. The topological polar surface area (TPSA) is 32.3 Å². The van der Waals surface area contributed by atoms with Crippen LogP contribution in [-0.4, -0.2) is 35.9 Å². The molecule has 3 nitrogen and oxygen atoms in total. The Hall–Kier alpha value is -1.00. The number of hydrogen-bond acceptors (Lipinski definition) is 3. The number of carbonyl (C=O) groups excluding carboxylic acids is 1. The molecule has 0 aliphatic carbocycles. The Bertz CT molecular complexity index is 430. The van der Waals surface area contributed by atoms with Crippen molar-refractivity contribution in [3.63, 3.8) is 0 Å². The lowest BCUT2D eigenvalue weighted by atomic mass is 10.0. The van der Waals surface area contributed by atoms with Gasteiger partial charge >= 0.3 is 0 Å². The molecule has 2 rings (SSSR count). The third-order valence-electron chi connectivity index (χ3n) is 3.53. The lowest BCUT2D eigenvalue weighted by Gasteiger charge is -2.24. The predicted molar refractivity (Wildman–Crippen MR) is 81.4 cm³/mol. The Morgan fingerprint density at radius 3 is 2.63 bits per heavy atom. The number of nitrogens with one attached hydrogen (secondary N) is 1. The van der Waals surface area contributed by atoms with Crippen LogP contribution in [0, 0.1) is 0 Å². The van der Waals surface area contributed by atoms with Gasteiger partial charge in [-0.1, -0.05) is 38.1 Å². The largest absolute Gasteiger partial charge is 0.321 e. The molecule has 1 amide bonds. The summed E-state index contributed by atoms with van der Waals surface area (Å²) in [5, 5.41) is 3.30. The van der Waals surface area contributed by atoms with Crippen molar-refractivity contribution >= 4 is 17.7 Å². The highest BCUT2D eigenvalue weighted by molar-refractivity contribution is 7.98. The zero-order valence-electron chi connectivity index (χ0n) is 11.8. The SMILES string of the molecule is CSCCN1C(=O)CNC1c1ccc(C(C)C)cc1. The van der Waals surface area contributed by atoms with Gasteiger partial charge in [-0.2, -0.15) is 11.8 Å². The summed E-state index contributed by atoms with van der Waals surface area (Å²) >= 11 is 1.77. The summed E-state index contributed by atoms with van der Waals surface area (Å²) in [6, 6.07) is 8.60. The van der Waals surface area contributed by atoms with Gasteiger partial charge in [-0.05, 0) is 23.3 Å². The first-order chi connectivity index (χ1) is 9.13. The fourth-order valence-electron chi connectivity index (χ4n) is 2.34. The van der Waals surface area contributed by atoms with Crippen LogP contribution in [0.4, 0.5) is 0 Å². The maximum absolute atomic E-state index is 11.9. The summed E-state index contributed by atoms with van der Waals surface area (Å²) in [6.07, 6.45) is 2.11. The fraction of sp³-hybridized carbons (Fsp3) is 0.533. The van der Waals surface area contributed by atoms with Gasteiger partial charge in [-0.25, -0.2) is 0 Å². The minimum Gasteiger partial charge on any atom is -0.321 e. The summed E-state index contributed by atoms with van der Waals surface area (Å²) in [6.45, 7) is 5.64. The first-order valence-corrected chi connectivity index (χ1v) is 8.14. The monoisotopic (exact) mass is 278 g/mol. The second-order valence-electron chi connectivity index (χ2n) is 5.18. The first kappa shape index (κ1) is 14.4. The van der Waals surface area contributed by atoms with E-state index in [0.717, 1.165) is 12.3 Å². The van der Waals surface area contributed by atoms with E-state index in [-0.39, 0.29) is 12.1 Å². The summed E-state index contributed by atoms with van der Waals surface area (Å²) in [5.74, 6) is 1.72. The van der Waals surface area contributed by atoms with E-state index < -0.39 is 0 Å². The highest BCUT2D eigenvalue weighted by Gasteiger charge is 2.30. The van der Waals surface area contributed by atoms with Gasteiger partial charge in [0, 0.05) is 12.3 Å². The molecule has 1 aliphatic heterocycles. The van der Waals surface area contributed by atoms with E-state index in [0.29, 0.717) is 12.5 Å². The Balaban J connectivity index is 2.13. The number of carbonyl (C=O) groups is 1. The number of nitrogens with zero attached hydrogens (tertiary/aromatic N) is 1. The number of amides is 1. The number of hydrogen-bond donors (Lipinski definition) is 1. The van der Waals surface area contributed by atoms with Gasteiger partial charge in [0.05, 0.1) is 6.54 Å². The average molecular weight is 278 g/mol. The van der Waals surface area contributed by atoms with Gasteiger partial charge in [0.2, 0.25) is 5.91 Å². The van der Waals surface area contributed by atoms with Crippen molar-refractivity contribution in [3.8, 4) is 0 Å². The van der Waals surface area contributed by atoms with Crippen LogP contribution in [0.15, 0.2) is 24.3 Å². The molecule has 1 unspecified atom stereocenters. The minimum atomic E-state index is 0.0425. The van der Waals surface area contributed by atoms with E-state index in [1.807, 2.05) is 4.90 Å². The van der Waals surface area contributed by atoms with E-state index in [1.54, 1.807) is 11.8 Å². The van der Waals surface area contributed by atoms with Crippen molar-refractivity contribution in [1.82, 2.24) is 10.2 Å². The lowest BCUT2D eigenvalue weighted by Crippen LogP contribution is -2.32. The van der Waals surface area contributed by atoms with Crippen LogP contribution in [0.25, 0.3) is 0 Å². The van der Waals surface area contributed by atoms with Crippen LogP contribution in [0.3, 0.4) is 0 Å². The van der Waals surface area contributed by atoms with Gasteiger partial charge < -0.3 is 4.90 Å². The molecule has 1 fully saturated rings. The van der Waals surface area contributed by atoms with Crippen molar-refractivity contribution in [2.24, 2.45) is 0 Å². The first-order valence-electron chi connectivity index (χ1n) is 6.75. The summed E-state index contributed by atoms with van der Waals surface area (Å²) in [7, 11) is 0. The molecule has 0 bridgehead atoms. The highest BCUT2D eigenvalue weighted by atomic mass is 32.2. The van der Waals surface area contributed by atoms with Gasteiger partial charge in [0.15, 0.2) is 0 Å². The summed E-state index contributed by atoms with van der Waals surface area (Å²) in [5.41, 5.74) is 2.51. The van der Waals surface area contributed by atoms with Crippen molar-refractivity contribution in [2.75, 3.05) is 25.1 Å². The molecule has 1 heterocycles. The van der Waals surface area contributed by atoms with E-state index in [9.17, 15) is 4.79 Å². The van der Waals surface area contributed by atoms with Crippen LogP contribution in [0.1, 0.15) is 37.1 Å². The van der Waals surface area contributed by atoms with Crippen molar-refractivity contribution in [1.29, 1.82) is 0 Å². The molecule has 1 saturated heterocycles. The van der Waals surface area contributed by atoms with E-state index in [4.69, 9.17) is 0 Å². The normalized spacial score (nSPS) is 19.5. The van der Waals surface area contributed by atoms with Crippen molar-refractivity contribution in [2.45, 2.75) is 25.9 Å². The average Bonchev–Trinajstić information content (AvgIpc) is 2.78. The van der Waals surface area contributed by atoms with E-state index >= 15 is 0 Å². The molecule has 19 heavy (non-hydrogen) atoms. The minimum absolute atomic E-state index is 0.0425. The van der Waals surface area contributed by atoms with Crippen LogP contribution < -0.4 is 5.32 Å². The number of benzene rings is 1. The highest BCUT2D eigenvalue weighted by Crippen LogP contribution is 2.24. The molecular weight excluding hydrogens is 256 g/mol. The quantitative estimate of drug-likeness (QED) is 0.898. The molecule has 1 aromatic carbocycles. The molecule has 1 aliphatic rings. The molecule has 0 aromatic heterocycles. The lowest BCUT2D eigenvalue weighted by molar-refractivity contribution is -0.127. The molecular formula is C15H22N2OS. The van der Waals surface area contributed by atoms with Gasteiger partial charge in [0.1, 0.15) is 6.17 Å². The molecule has 1 atom stereocenters. The van der Waals surface area contributed by atoms with Crippen LogP contribution >= 0.6 is 11.8 Å². The third-order valence-corrected chi connectivity index (χ3v) is 4.12. The van der Waals surface area contributed by atoms with Crippen LogP contribution in [0.2, 0.25) is 0 Å². The van der Waals surface area contributed by atoms with Gasteiger partial charge in [-0.3, -0.25) is 10.1 Å². The summed E-state index contributed by atoms with van der Waals surface area (Å²) in [4.78, 5) is 13.8. The molecule has 0 spiro atoms.